The molecule has 140 valence electrons. The number of aryl methyl sites for hydroxylation is 1. The summed E-state index contributed by atoms with van der Waals surface area (Å²) < 4.78 is 10.4. The Morgan fingerprint density at radius 1 is 1.27 bits per heavy atom. The number of carbonyl (C=O) groups is 3. The maximum atomic E-state index is 12.0. The zero-order chi connectivity index (χ0) is 19.1. The molecule has 2 rings (SSSR count). The maximum absolute atomic E-state index is 12.0. The van der Waals surface area contributed by atoms with Gasteiger partial charge in [-0.2, -0.15) is 0 Å². The van der Waals surface area contributed by atoms with Crippen LogP contribution in [0, 0.1) is 0 Å². The van der Waals surface area contributed by atoms with Crippen molar-refractivity contribution in [3.8, 4) is 0 Å². The minimum Gasteiger partial charge on any atom is -0.458 e. The van der Waals surface area contributed by atoms with Gasteiger partial charge in [0.1, 0.15) is 17.5 Å². The molecule has 2 heterocycles. The van der Waals surface area contributed by atoms with Gasteiger partial charge in [-0.25, -0.2) is 9.78 Å². The van der Waals surface area contributed by atoms with Gasteiger partial charge in [0.2, 0.25) is 0 Å². The Labute approximate surface area is 155 Å². The topological polar surface area (TPSA) is 107 Å². The van der Waals surface area contributed by atoms with E-state index in [1.807, 2.05) is 6.92 Å². The van der Waals surface area contributed by atoms with E-state index in [2.05, 4.69) is 28.8 Å². The van der Waals surface area contributed by atoms with E-state index in [1.165, 1.54) is 11.3 Å². The van der Waals surface area contributed by atoms with Crippen molar-refractivity contribution in [3.63, 3.8) is 0 Å². The molecule has 0 bridgehead atoms. The molecule has 26 heavy (non-hydrogen) atoms. The summed E-state index contributed by atoms with van der Waals surface area (Å²) in [7, 11) is 0. The van der Waals surface area contributed by atoms with Crippen molar-refractivity contribution in [1.29, 1.82) is 0 Å². The lowest BCUT2D eigenvalue weighted by Crippen LogP contribution is -2.37. The van der Waals surface area contributed by atoms with E-state index in [4.69, 9.17) is 9.47 Å². The van der Waals surface area contributed by atoms with Crippen molar-refractivity contribution < 1.29 is 23.9 Å². The normalized spacial score (nSPS) is 14.3. The van der Waals surface area contributed by atoms with Crippen LogP contribution in [-0.4, -0.2) is 42.1 Å². The summed E-state index contributed by atoms with van der Waals surface area (Å²) in [6, 6.07) is 0. The van der Waals surface area contributed by atoms with E-state index in [1.54, 1.807) is 5.38 Å². The van der Waals surface area contributed by atoms with Gasteiger partial charge in [-0.05, 0) is 6.42 Å². The SMILES string of the molecule is C=C(NC(=O)c1csc(CC)n1)C(=O)NC(=C)C(=O)OC1CCOCC1. The molecular weight excluding hydrogens is 358 g/mol. The number of ether oxygens (including phenoxy) is 2. The minimum atomic E-state index is -0.752. The fourth-order valence-electron chi connectivity index (χ4n) is 2.12. The molecule has 8 nitrogen and oxygen atoms in total. The summed E-state index contributed by atoms with van der Waals surface area (Å²) in [5.41, 5.74) is -0.238. The van der Waals surface area contributed by atoms with Crippen LogP contribution < -0.4 is 10.6 Å². The van der Waals surface area contributed by atoms with Crippen LogP contribution in [-0.2, 0) is 25.5 Å². The Morgan fingerprint density at radius 2 is 1.96 bits per heavy atom. The van der Waals surface area contributed by atoms with Crippen molar-refractivity contribution in [2.75, 3.05) is 13.2 Å². The first-order chi connectivity index (χ1) is 12.4. The Balaban J connectivity index is 1.81. The average molecular weight is 379 g/mol. The molecule has 0 aliphatic carbocycles. The van der Waals surface area contributed by atoms with Gasteiger partial charge < -0.3 is 20.1 Å². The summed E-state index contributed by atoms with van der Waals surface area (Å²) in [4.78, 5) is 40.2. The van der Waals surface area contributed by atoms with Gasteiger partial charge in [-0.3, -0.25) is 9.59 Å². The molecule has 2 N–H and O–H groups in total. The maximum Gasteiger partial charge on any atom is 0.354 e. The van der Waals surface area contributed by atoms with Crippen LogP contribution in [0.25, 0.3) is 0 Å². The van der Waals surface area contributed by atoms with Crippen LogP contribution in [0.1, 0.15) is 35.3 Å². The summed E-state index contributed by atoms with van der Waals surface area (Å²) in [6.07, 6.45) is 1.66. The second-order valence-corrected chi connectivity index (χ2v) is 6.51. The predicted octanol–water partition coefficient (Wildman–Crippen LogP) is 1.30. The smallest absolute Gasteiger partial charge is 0.354 e. The molecule has 2 amide bonds. The highest BCUT2D eigenvalue weighted by Crippen LogP contribution is 2.12. The van der Waals surface area contributed by atoms with Crippen molar-refractivity contribution in [2.45, 2.75) is 32.3 Å². The van der Waals surface area contributed by atoms with Gasteiger partial charge in [-0.15, -0.1) is 11.3 Å². The molecule has 9 heteroatoms. The number of hydrogen-bond donors (Lipinski definition) is 2. The van der Waals surface area contributed by atoms with Crippen molar-refractivity contribution in [3.05, 3.63) is 40.6 Å². The molecule has 1 aromatic heterocycles. The molecule has 1 fully saturated rings. The van der Waals surface area contributed by atoms with Crippen molar-refractivity contribution in [1.82, 2.24) is 15.6 Å². The average Bonchev–Trinajstić information content (AvgIpc) is 3.11. The quantitative estimate of drug-likeness (QED) is 0.546. The van der Waals surface area contributed by atoms with Crippen LogP contribution in [0.15, 0.2) is 29.9 Å². The van der Waals surface area contributed by atoms with E-state index < -0.39 is 17.8 Å². The van der Waals surface area contributed by atoms with E-state index in [9.17, 15) is 14.4 Å². The Bertz CT molecular complexity index is 722. The standard InChI is InChI=1S/C17H21N3O5S/c1-4-14-20-13(9-26-14)16(22)18-10(2)15(21)19-11(3)17(23)25-12-5-7-24-8-6-12/h9,12H,2-8H2,1H3,(H,18,22)(H,19,21). The number of amides is 2. The summed E-state index contributed by atoms with van der Waals surface area (Å²) in [5.74, 6) is -2.02. The monoisotopic (exact) mass is 379 g/mol. The highest BCUT2D eigenvalue weighted by Gasteiger charge is 2.22. The van der Waals surface area contributed by atoms with Crippen LogP contribution >= 0.6 is 11.3 Å². The lowest BCUT2D eigenvalue weighted by molar-refractivity contribution is -0.149. The number of hydrogen-bond acceptors (Lipinski definition) is 7. The molecule has 1 saturated heterocycles. The molecule has 0 atom stereocenters. The number of nitrogens with zero attached hydrogens (tertiary/aromatic N) is 1. The van der Waals surface area contributed by atoms with Gasteiger partial charge in [0, 0.05) is 18.2 Å². The van der Waals surface area contributed by atoms with E-state index >= 15 is 0 Å². The Kier molecular flexibility index (Phi) is 7.05. The minimum absolute atomic E-state index is 0.207. The molecule has 1 aliphatic heterocycles. The summed E-state index contributed by atoms with van der Waals surface area (Å²) in [6.45, 7) is 9.97. The molecule has 0 aromatic carbocycles. The first-order valence-electron chi connectivity index (χ1n) is 8.14. The third-order valence-electron chi connectivity index (χ3n) is 3.58. The zero-order valence-electron chi connectivity index (χ0n) is 14.5. The lowest BCUT2D eigenvalue weighted by Gasteiger charge is -2.22. The Morgan fingerprint density at radius 3 is 2.58 bits per heavy atom. The van der Waals surface area contributed by atoms with Gasteiger partial charge in [0.05, 0.1) is 23.9 Å². The second-order valence-electron chi connectivity index (χ2n) is 5.56. The van der Waals surface area contributed by atoms with E-state index in [0.717, 1.165) is 5.01 Å². The van der Waals surface area contributed by atoms with Gasteiger partial charge in [-0.1, -0.05) is 20.1 Å². The Hall–Kier alpha value is -2.52. The van der Waals surface area contributed by atoms with Crippen LogP contribution in [0.2, 0.25) is 0 Å². The molecule has 0 unspecified atom stereocenters. The number of esters is 1. The predicted molar refractivity (Wildman–Crippen MR) is 95.3 cm³/mol. The van der Waals surface area contributed by atoms with Crippen LogP contribution in [0.3, 0.4) is 0 Å². The molecule has 0 radical (unpaired) electrons. The van der Waals surface area contributed by atoms with E-state index in [-0.39, 0.29) is 23.2 Å². The first kappa shape index (κ1) is 19.8. The third kappa shape index (κ3) is 5.50. The summed E-state index contributed by atoms with van der Waals surface area (Å²) in [5, 5.41) is 7.03. The lowest BCUT2D eigenvalue weighted by atomic mass is 10.1. The number of carbonyl (C=O) groups excluding carboxylic acids is 3. The van der Waals surface area contributed by atoms with Crippen molar-refractivity contribution >= 4 is 29.1 Å². The highest BCUT2D eigenvalue weighted by atomic mass is 32.1. The summed E-state index contributed by atoms with van der Waals surface area (Å²) >= 11 is 1.36. The van der Waals surface area contributed by atoms with Crippen LogP contribution in [0.4, 0.5) is 0 Å². The largest absolute Gasteiger partial charge is 0.458 e. The second kappa shape index (κ2) is 9.25. The number of aromatic nitrogens is 1. The van der Waals surface area contributed by atoms with Gasteiger partial charge in [0.25, 0.3) is 11.8 Å². The van der Waals surface area contributed by atoms with Crippen LogP contribution in [0.5, 0.6) is 0 Å². The van der Waals surface area contributed by atoms with E-state index in [0.29, 0.717) is 32.5 Å². The first-order valence-corrected chi connectivity index (χ1v) is 9.02. The zero-order valence-corrected chi connectivity index (χ0v) is 15.3. The fourth-order valence-corrected chi connectivity index (χ4v) is 2.84. The molecule has 1 aromatic rings. The number of rotatable bonds is 7. The highest BCUT2D eigenvalue weighted by molar-refractivity contribution is 7.09. The fraction of sp³-hybridized carbons (Fsp3) is 0.412. The molecule has 0 saturated carbocycles. The molecular formula is C17H21N3O5S. The molecule has 1 aliphatic rings. The van der Waals surface area contributed by atoms with Gasteiger partial charge in [0.15, 0.2) is 0 Å². The van der Waals surface area contributed by atoms with Crippen molar-refractivity contribution in [2.24, 2.45) is 0 Å². The number of nitrogens with one attached hydrogen (secondary N) is 2. The number of thiazole rings is 1. The third-order valence-corrected chi connectivity index (χ3v) is 4.57. The van der Waals surface area contributed by atoms with Gasteiger partial charge >= 0.3 is 5.97 Å². The molecule has 0 spiro atoms.